The van der Waals surface area contributed by atoms with Crippen LogP contribution in [0.1, 0.15) is 11.1 Å². The zero-order valence-corrected chi connectivity index (χ0v) is 18.1. The maximum atomic E-state index is 13.1. The molecule has 9 heteroatoms. The van der Waals surface area contributed by atoms with Crippen LogP contribution in [-0.2, 0) is 26.0 Å². The topological polar surface area (TPSA) is 94.2 Å². The number of carbonyl (C=O) groups excluding carboxylic acids is 1. The van der Waals surface area contributed by atoms with Crippen LogP contribution in [0.5, 0.6) is 11.5 Å². The molecule has 0 saturated carbocycles. The molecule has 30 heavy (non-hydrogen) atoms. The number of benzene rings is 2. The number of rotatable bonds is 7. The molecule has 0 spiro atoms. The first-order chi connectivity index (χ1) is 14.3. The predicted molar refractivity (Wildman–Crippen MR) is 113 cm³/mol. The third-order valence-corrected chi connectivity index (χ3v) is 6.75. The van der Waals surface area contributed by atoms with Gasteiger partial charge in [-0.15, -0.1) is 0 Å². The van der Waals surface area contributed by atoms with Gasteiger partial charge in [0.05, 0.1) is 39.5 Å². The van der Waals surface area contributed by atoms with Gasteiger partial charge in [0.15, 0.2) is 11.5 Å². The molecule has 0 aromatic heterocycles. The van der Waals surface area contributed by atoms with Crippen LogP contribution < -0.4 is 14.8 Å². The fourth-order valence-corrected chi connectivity index (χ4v) is 4.88. The summed E-state index contributed by atoms with van der Waals surface area (Å²) in [5.41, 5.74) is 1.77. The van der Waals surface area contributed by atoms with Crippen molar-refractivity contribution in [2.24, 2.45) is 0 Å². The Morgan fingerprint density at radius 1 is 1.07 bits per heavy atom. The summed E-state index contributed by atoms with van der Waals surface area (Å²) in [6.07, 6.45) is 0.0608. The van der Waals surface area contributed by atoms with Crippen LogP contribution in [0.25, 0.3) is 0 Å². The fourth-order valence-electron chi connectivity index (χ4n) is 3.24. The van der Waals surface area contributed by atoms with Crippen molar-refractivity contribution in [2.75, 3.05) is 45.8 Å². The number of hydrogen-bond donors (Lipinski definition) is 1. The Bertz CT molecular complexity index is 1020. The van der Waals surface area contributed by atoms with Crippen LogP contribution in [0.2, 0.25) is 0 Å². The van der Waals surface area contributed by atoms with Gasteiger partial charge < -0.3 is 19.5 Å². The van der Waals surface area contributed by atoms with Crippen LogP contribution in [-0.4, -0.2) is 59.2 Å². The number of morpholine rings is 1. The average Bonchev–Trinajstić information content (AvgIpc) is 2.75. The molecule has 1 amide bonds. The summed E-state index contributed by atoms with van der Waals surface area (Å²) in [7, 11) is -0.687. The minimum Gasteiger partial charge on any atom is -0.493 e. The van der Waals surface area contributed by atoms with Gasteiger partial charge in [0, 0.05) is 13.1 Å². The van der Waals surface area contributed by atoms with E-state index in [1.165, 1.54) is 18.5 Å². The smallest absolute Gasteiger partial charge is 0.245 e. The summed E-state index contributed by atoms with van der Waals surface area (Å²) in [5.74, 6) is 0.761. The third kappa shape index (κ3) is 4.92. The lowest BCUT2D eigenvalue weighted by Crippen LogP contribution is -2.41. The van der Waals surface area contributed by atoms with E-state index in [-0.39, 0.29) is 36.0 Å². The van der Waals surface area contributed by atoms with Crippen LogP contribution in [0.15, 0.2) is 41.3 Å². The van der Waals surface area contributed by atoms with Gasteiger partial charge in [-0.2, -0.15) is 4.31 Å². The molecular formula is C21H26N2O6S. The van der Waals surface area contributed by atoms with Crippen molar-refractivity contribution in [1.82, 2.24) is 4.31 Å². The van der Waals surface area contributed by atoms with E-state index in [1.807, 2.05) is 6.92 Å². The van der Waals surface area contributed by atoms with Gasteiger partial charge in [0.2, 0.25) is 15.9 Å². The maximum absolute atomic E-state index is 13.1. The SMILES string of the molecule is COc1ccc(CC(=O)Nc2ccc(C)cc2S(=O)(=O)N2CCOCC2)cc1OC. The van der Waals surface area contributed by atoms with Gasteiger partial charge in [-0.25, -0.2) is 8.42 Å². The monoisotopic (exact) mass is 434 g/mol. The molecule has 0 aliphatic carbocycles. The van der Waals surface area contributed by atoms with Crippen molar-refractivity contribution in [1.29, 1.82) is 0 Å². The first-order valence-electron chi connectivity index (χ1n) is 9.54. The number of aryl methyl sites for hydroxylation is 1. The van der Waals surface area contributed by atoms with Crippen LogP contribution in [0.4, 0.5) is 5.69 Å². The van der Waals surface area contributed by atoms with E-state index in [1.54, 1.807) is 36.4 Å². The summed E-state index contributed by atoms with van der Waals surface area (Å²) in [5, 5.41) is 2.75. The largest absolute Gasteiger partial charge is 0.493 e. The maximum Gasteiger partial charge on any atom is 0.245 e. The normalized spacial score (nSPS) is 14.9. The Balaban J connectivity index is 1.82. The Kier molecular flexibility index (Phi) is 6.96. The van der Waals surface area contributed by atoms with E-state index in [4.69, 9.17) is 14.2 Å². The van der Waals surface area contributed by atoms with E-state index in [0.29, 0.717) is 24.7 Å². The summed E-state index contributed by atoms with van der Waals surface area (Å²) in [6.45, 7) is 3.09. The van der Waals surface area contributed by atoms with Crippen molar-refractivity contribution in [3.05, 3.63) is 47.5 Å². The van der Waals surface area contributed by atoms with Crippen LogP contribution >= 0.6 is 0 Å². The first-order valence-corrected chi connectivity index (χ1v) is 11.0. The lowest BCUT2D eigenvalue weighted by atomic mass is 10.1. The van der Waals surface area contributed by atoms with Gasteiger partial charge >= 0.3 is 0 Å². The lowest BCUT2D eigenvalue weighted by molar-refractivity contribution is -0.115. The van der Waals surface area contributed by atoms with E-state index >= 15 is 0 Å². The predicted octanol–water partition coefficient (Wildman–Crippen LogP) is 2.21. The molecule has 1 N–H and O–H groups in total. The highest BCUT2D eigenvalue weighted by Crippen LogP contribution is 2.29. The summed E-state index contributed by atoms with van der Waals surface area (Å²) in [4.78, 5) is 12.8. The number of nitrogens with one attached hydrogen (secondary N) is 1. The van der Waals surface area contributed by atoms with Crippen LogP contribution in [0.3, 0.4) is 0 Å². The molecule has 1 heterocycles. The molecule has 1 saturated heterocycles. The number of anilines is 1. The second-order valence-corrected chi connectivity index (χ2v) is 8.84. The van der Waals surface area contributed by atoms with E-state index < -0.39 is 10.0 Å². The van der Waals surface area contributed by atoms with Gasteiger partial charge in [-0.1, -0.05) is 12.1 Å². The van der Waals surface area contributed by atoms with E-state index in [9.17, 15) is 13.2 Å². The standard InChI is InChI=1S/C21H26N2O6S/c1-15-4-6-17(20(12-15)30(25,26)23-8-10-29-11-9-23)22-21(24)14-16-5-7-18(27-2)19(13-16)28-3/h4-7,12-13H,8-11,14H2,1-3H3,(H,22,24). The lowest BCUT2D eigenvalue weighted by Gasteiger charge is -2.27. The van der Waals surface area contributed by atoms with Crippen molar-refractivity contribution in [2.45, 2.75) is 18.2 Å². The second kappa shape index (κ2) is 9.46. The molecule has 2 aromatic rings. The Morgan fingerprint density at radius 3 is 2.43 bits per heavy atom. The molecule has 0 radical (unpaired) electrons. The average molecular weight is 435 g/mol. The molecule has 3 rings (SSSR count). The molecule has 8 nitrogen and oxygen atoms in total. The number of ether oxygens (including phenoxy) is 3. The second-order valence-electron chi connectivity index (χ2n) is 6.93. The Hall–Kier alpha value is -2.62. The van der Waals surface area contributed by atoms with Crippen molar-refractivity contribution in [3.8, 4) is 11.5 Å². The van der Waals surface area contributed by atoms with Crippen LogP contribution in [0, 0.1) is 6.92 Å². The minimum absolute atomic E-state index is 0.0608. The number of amides is 1. The molecular weight excluding hydrogens is 408 g/mol. The van der Waals surface area contributed by atoms with Crippen molar-refractivity contribution >= 4 is 21.6 Å². The summed E-state index contributed by atoms with van der Waals surface area (Å²) >= 11 is 0. The van der Waals surface area contributed by atoms with Gasteiger partial charge in [0.1, 0.15) is 4.90 Å². The van der Waals surface area contributed by atoms with E-state index in [2.05, 4.69) is 5.32 Å². The molecule has 2 aromatic carbocycles. The van der Waals surface area contributed by atoms with E-state index in [0.717, 1.165) is 11.1 Å². The fraction of sp³-hybridized carbons (Fsp3) is 0.381. The molecule has 0 unspecified atom stereocenters. The quantitative estimate of drug-likeness (QED) is 0.718. The molecule has 0 bridgehead atoms. The summed E-state index contributed by atoms with van der Waals surface area (Å²) in [6, 6.07) is 10.2. The third-order valence-electron chi connectivity index (χ3n) is 4.81. The number of hydrogen-bond acceptors (Lipinski definition) is 6. The van der Waals surface area contributed by atoms with Gasteiger partial charge in [-0.3, -0.25) is 4.79 Å². The number of sulfonamides is 1. The molecule has 162 valence electrons. The Labute approximate surface area is 176 Å². The minimum atomic E-state index is -3.75. The van der Waals surface area contributed by atoms with Crippen molar-refractivity contribution in [3.63, 3.8) is 0 Å². The molecule has 1 aliphatic heterocycles. The van der Waals surface area contributed by atoms with Crippen molar-refractivity contribution < 1.29 is 27.4 Å². The molecule has 0 atom stereocenters. The highest BCUT2D eigenvalue weighted by Gasteiger charge is 2.29. The highest BCUT2D eigenvalue weighted by molar-refractivity contribution is 7.89. The molecule has 1 aliphatic rings. The molecule has 1 fully saturated rings. The Morgan fingerprint density at radius 2 is 1.77 bits per heavy atom. The number of carbonyl (C=O) groups is 1. The summed E-state index contributed by atoms with van der Waals surface area (Å²) < 4.78 is 43.4. The number of nitrogens with zero attached hydrogens (tertiary/aromatic N) is 1. The highest BCUT2D eigenvalue weighted by atomic mass is 32.2. The zero-order valence-electron chi connectivity index (χ0n) is 17.3. The number of methoxy groups -OCH3 is 2. The van der Waals surface area contributed by atoms with Gasteiger partial charge in [0.25, 0.3) is 0 Å². The first kappa shape index (κ1) is 22.1. The zero-order chi connectivity index (χ0) is 21.7. The van der Waals surface area contributed by atoms with Gasteiger partial charge in [-0.05, 0) is 42.3 Å².